The Morgan fingerprint density at radius 1 is 0.978 bits per heavy atom. The van der Waals surface area contributed by atoms with Gasteiger partial charge in [-0.15, -0.1) is 0 Å². The van der Waals surface area contributed by atoms with E-state index in [1.54, 1.807) is 30.3 Å². The Morgan fingerprint density at radius 2 is 1.73 bits per heavy atom. The Balaban J connectivity index is 1.38. The van der Waals surface area contributed by atoms with E-state index in [1.165, 1.54) is 6.92 Å². The first kappa shape index (κ1) is 31.7. The van der Waals surface area contributed by atoms with Gasteiger partial charge >= 0.3 is 5.97 Å². The van der Waals surface area contributed by atoms with E-state index in [1.807, 2.05) is 49.4 Å². The van der Waals surface area contributed by atoms with Crippen LogP contribution in [0.15, 0.2) is 72.8 Å². The van der Waals surface area contributed by atoms with Crippen molar-refractivity contribution in [3.8, 4) is 40.2 Å². The zero-order chi connectivity index (χ0) is 31.9. The second-order valence-electron chi connectivity index (χ2n) is 10.7. The quantitative estimate of drug-likeness (QED) is 0.172. The number of carbonyl (C=O) groups is 1. The first-order valence-corrected chi connectivity index (χ1v) is 14.8. The molecule has 0 fully saturated rings. The summed E-state index contributed by atoms with van der Waals surface area (Å²) < 4.78 is 23.8. The van der Waals surface area contributed by atoms with Gasteiger partial charge in [0.05, 0.1) is 22.8 Å². The Kier molecular flexibility index (Phi) is 10.1. The van der Waals surface area contributed by atoms with Gasteiger partial charge in [-0.2, -0.15) is 5.26 Å². The van der Waals surface area contributed by atoms with Crippen molar-refractivity contribution in [1.82, 2.24) is 5.32 Å². The summed E-state index contributed by atoms with van der Waals surface area (Å²) in [6, 6.07) is 23.2. The molecule has 4 aromatic rings. The molecule has 0 saturated heterocycles. The average molecular weight is 629 g/mol. The van der Waals surface area contributed by atoms with E-state index >= 15 is 0 Å². The van der Waals surface area contributed by atoms with Crippen molar-refractivity contribution >= 4 is 17.6 Å². The number of carboxylic acids is 1. The normalized spacial score (nSPS) is 13.4. The fraction of sp³-hybridized carbons (Fsp3) is 0.257. The van der Waals surface area contributed by atoms with Crippen LogP contribution in [0, 0.1) is 18.3 Å². The van der Waals surface area contributed by atoms with Crippen LogP contribution in [-0.4, -0.2) is 41.5 Å². The molecule has 5 rings (SSSR count). The Hall–Kier alpha value is -4.75. The van der Waals surface area contributed by atoms with E-state index in [9.17, 15) is 20.3 Å². The summed E-state index contributed by atoms with van der Waals surface area (Å²) in [6.45, 7) is 4.92. The number of ether oxygens (including phenoxy) is 4. The van der Waals surface area contributed by atoms with Crippen LogP contribution in [0.1, 0.15) is 34.7 Å². The number of fused-ring (bicyclic) bond motifs is 1. The molecule has 1 aliphatic heterocycles. The molecule has 2 atom stereocenters. The first-order valence-electron chi connectivity index (χ1n) is 14.4. The lowest BCUT2D eigenvalue weighted by atomic mass is 9.96. The molecular weight excluding hydrogens is 596 g/mol. The maximum absolute atomic E-state index is 11.6. The molecule has 10 heteroatoms. The molecule has 0 aliphatic carbocycles. The van der Waals surface area contributed by atoms with Crippen LogP contribution in [0.3, 0.4) is 0 Å². The van der Waals surface area contributed by atoms with Gasteiger partial charge in [0.1, 0.15) is 44.0 Å². The van der Waals surface area contributed by atoms with Crippen molar-refractivity contribution in [3.63, 3.8) is 0 Å². The number of carboxylic acid groups (broad SMARTS) is 1. The Bertz CT molecular complexity index is 1730. The predicted octanol–water partition coefficient (Wildman–Crippen LogP) is 6.04. The number of nitrogens with zero attached hydrogens (tertiary/aromatic N) is 1. The molecule has 232 valence electrons. The second kappa shape index (κ2) is 14.4. The van der Waals surface area contributed by atoms with Gasteiger partial charge in [0.2, 0.25) is 0 Å². The molecule has 0 amide bonds. The first-order chi connectivity index (χ1) is 21.7. The fourth-order valence-electron chi connectivity index (χ4n) is 5.05. The van der Waals surface area contributed by atoms with Crippen LogP contribution in [-0.2, 0) is 24.6 Å². The van der Waals surface area contributed by atoms with Crippen molar-refractivity contribution in [1.29, 1.82) is 5.26 Å². The van der Waals surface area contributed by atoms with Crippen LogP contribution in [0.5, 0.6) is 23.0 Å². The number of rotatable bonds is 12. The molecule has 0 spiro atoms. The number of aliphatic hydroxyl groups is 1. The van der Waals surface area contributed by atoms with Gasteiger partial charge in [0.15, 0.2) is 11.5 Å². The highest BCUT2D eigenvalue weighted by atomic mass is 35.5. The molecule has 0 bridgehead atoms. The van der Waals surface area contributed by atoms with Gasteiger partial charge < -0.3 is 29.2 Å². The lowest BCUT2D eigenvalue weighted by Crippen LogP contribution is -2.44. The van der Waals surface area contributed by atoms with E-state index in [4.69, 9.17) is 30.5 Å². The number of hydrogen-bond acceptors (Lipinski definition) is 8. The highest BCUT2D eigenvalue weighted by molar-refractivity contribution is 6.32. The van der Waals surface area contributed by atoms with Gasteiger partial charge in [-0.3, -0.25) is 10.1 Å². The van der Waals surface area contributed by atoms with Crippen LogP contribution < -0.4 is 24.3 Å². The standard InChI is InChI=1S/C35H33ClN2O7/c1-21-26(7-4-8-28(21)25-9-10-30-33(15-25)43-12-11-42-30)20-45-32-16-31(44-19-24-6-3-5-23(13-24)17-37)27(14-29(32)36)18-38-34(22(2)39)35(40)41/h3-10,13-16,22,34,38-39H,11-12,18-20H2,1-2H3,(H,40,41)/t22-,34-/m1/s1. The predicted molar refractivity (Wildman–Crippen MR) is 169 cm³/mol. The third kappa shape index (κ3) is 7.67. The van der Waals surface area contributed by atoms with E-state index in [0.29, 0.717) is 40.9 Å². The van der Waals surface area contributed by atoms with Crippen LogP contribution in [0.25, 0.3) is 11.1 Å². The van der Waals surface area contributed by atoms with E-state index in [0.717, 1.165) is 39.3 Å². The maximum Gasteiger partial charge on any atom is 0.323 e. The minimum absolute atomic E-state index is 0.0616. The lowest BCUT2D eigenvalue weighted by molar-refractivity contribution is -0.142. The molecule has 1 heterocycles. The molecule has 3 N–H and O–H groups in total. The summed E-state index contributed by atoms with van der Waals surface area (Å²) in [5.41, 5.74) is 5.90. The van der Waals surface area contributed by atoms with Crippen molar-refractivity contribution in [3.05, 3.63) is 106 Å². The third-order valence-electron chi connectivity index (χ3n) is 7.51. The van der Waals surface area contributed by atoms with E-state index in [2.05, 4.69) is 11.4 Å². The molecule has 4 aromatic carbocycles. The topological polar surface area (TPSA) is 130 Å². The monoisotopic (exact) mass is 628 g/mol. The fourth-order valence-corrected chi connectivity index (χ4v) is 5.29. The molecule has 0 aromatic heterocycles. The summed E-state index contributed by atoms with van der Waals surface area (Å²) in [6.07, 6.45) is -1.13. The molecule has 0 unspecified atom stereocenters. The number of nitrogens with one attached hydrogen (secondary N) is 1. The van der Waals surface area contributed by atoms with Crippen molar-refractivity contribution in [2.75, 3.05) is 13.2 Å². The summed E-state index contributed by atoms with van der Waals surface area (Å²) >= 11 is 6.66. The van der Waals surface area contributed by atoms with Crippen molar-refractivity contribution in [2.45, 2.75) is 45.8 Å². The number of hydrogen-bond donors (Lipinski definition) is 3. The zero-order valence-electron chi connectivity index (χ0n) is 24.9. The second-order valence-corrected chi connectivity index (χ2v) is 11.1. The van der Waals surface area contributed by atoms with Gasteiger partial charge in [0.25, 0.3) is 0 Å². The summed E-state index contributed by atoms with van der Waals surface area (Å²) in [5.74, 6) is 1.07. The van der Waals surface area contributed by atoms with Gasteiger partial charge in [0, 0.05) is 18.2 Å². The summed E-state index contributed by atoms with van der Waals surface area (Å²) in [5, 5.41) is 31.8. The van der Waals surface area contributed by atoms with E-state index < -0.39 is 18.1 Å². The number of nitriles is 1. The SMILES string of the molecule is Cc1c(COc2cc(OCc3cccc(C#N)c3)c(CN[C@@H](C(=O)O)[C@@H](C)O)cc2Cl)cccc1-c1ccc2c(c1)OCCO2. The molecule has 9 nitrogen and oxygen atoms in total. The number of benzene rings is 4. The minimum Gasteiger partial charge on any atom is -0.488 e. The Morgan fingerprint density at radius 3 is 2.49 bits per heavy atom. The number of aliphatic hydroxyl groups excluding tert-OH is 1. The average Bonchev–Trinajstić information content (AvgIpc) is 3.04. The van der Waals surface area contributed by atoms with Crippen molar-refractivity contribution < 1.29 is 34.0 Å². The lowest BCUT2D eigenvalue weighted by Gasteiger charge is -2.20. The molecule has 0 saturated carbocycles. The maximum atomic E-state index is 11.6. The van der Waals surface area contributed by atoms with Crippen molar-refractivity contribution in [2.24, 2.45) is 0 Å². The van der Waals surface area contributed by atoms with E-state index in [-0.39, 0.29) is 19.8 Å². The molecular formula is C35H33ClN2O7. The van der Waals surface area contributed by atoms with Crippen LogP contribution in [0.4, 0.5) is 0 Å². The summed E-state index contributed by atoms with van der Waals surface area (Å²) in [7, 11) is 0. The van der Waals surface area contributed by atoms with Crippen LogP contribution >= 0.6 is 11.6 Å². The smallest absolute Gasteiger partial charge is 0.323 e. The zero-order valence-corrected chi connectivity index (χ0v) is 25.6. The Labute approximate surface area is 266 Å². The molecule has 45 heavy (non-hydrogen) atoms. The largest absolute Gasteiger partial charge is 0.488 e. The third-order valence-corrected chi connectivity index (χ3v) is 7.80. The minimum atomic E-state index is -1.19. The molecule has 1 aliphatic rings. The summed E-state index contributed by atoms with van der Waals surface area (Å²) in [4.78, 5) is 11.6. The van der Waals surface area contributed by atoms with Gasteiger partial charge in [-0.1, -0.05) is 48.0 Å². The van der Waals surface area contributed by atoms with Gasteiger partial charge in [-0.05, 0) is 72.0 Å². The highest BCUT2D eigenvalue weighted by Crippen LogP contribution is 2.37. The number of halogens is 1. The van der Waals surface area contributed by atoms with Crippen LogP contribution in [0.2, 0.25) is 5.02 Å². The molecule has 0 radical (unpaired) electrons. The highest BCUT2D eigenvalue weighted by Gasteiger charge is 2.23. The number of aliphatic carboxylic acids is 1. The van der Waals surface area contributed by atoms with Gasteiger partial charge in [-0.25, -0.2) is 0 Å².